The van der Waals surface area contributed by atoms with Gasteiger partial charge >= 0.3 is 5.82 Å². The van der Waals surface area contributed by atoms with Crippen LogP contribution >= 0.6 is 0 Å². The van der Waals surface area contributed by atoms with E-state index in [1.54, 1.807) is 54.1 Å². The van der Waals surface area contributed by atoms with Gasteiger partial charge in [0.2, 0.25) is 0 Å². The van der Waals surface area contributed by atoms with Crippen LogP contribution in [0.1, 0.15) is 0 Å². The minimum atomic E-state index is -0.466. The van der Waals surface area contributed by atoms with Gasteiger partial charge in [0.05, 0.1) is 7.11 Å². The lowest BCUT2D eigenvalue weighted by molar-refractivity contribution is -0.388. The van der Waals surface area contributed by atoms with Gasteiger partial charge in [0.25, 0.3) is 5.65 Å². The van der Waals surface area contributed by atoms with Crippen molar-refractivity contribution in [1.82, 2.24) is 9.38 Å². The molecule has 0 N–H and O–H groups in total. The average molecular weight is 269 g/mol. The summed E-state index contributed by atoms with van der Waals surface area (Å²) in [6.45, 7) is 0. The number of benzene rings is 1. The number of pyridine rings is 1. The molecule has 0 unspecified atom stereocenters. The lowest BCUT2D eigenvalue weighted by Crippen LogP contribution is -1.93. The van der Waals surface area contributed by atoms with Crippen LogP contribution in [-0.4, -0.2) is 21.4 Å². The summed E-state index contributed by atoms with van der Waals surface area (Å²) in [6, 6.07) is 12.4. The van der Waals surface area contributed by atoms with Gasteiger partial charge in [0.1, 0.15) is 5.75 Å². The molecule has 0 amide bonds. The van der Waals surface area contributed by atoms with Crippen LogP contribution in [0.2, 0.25) is 0 Å². The third-order valence-corrected chi connectivity index (χ3v) is 3.05. The van der Waals surface area contributed by atoms with Gasteiger partial charge in [-0.3, -0.25) is 4.40 Å². The molecule has 0 aliphatic rings. The van der Waals surface area contributed by atoms with Crippen LogP contribution in [0.5, 0.6) is 5.75 Å². The number of ether oxygens (including phenoxy) is 1. The molecule has 6 heteroatoms. The molecule has 0 saturated carbocycles. The fourth-order valence-electron chi connectivity index (χ4n) is 2.13. The molecule has 0 aliphatic heterocycles. The van der Waals surface area contributed by atoms with Crippen molar-refractivity contribution < 1.29 is 9.66 Å². The number of rotatable bonds is 3. The monoisotopic (exact) mass is 269 g/mol. The molecular weight excluding hydrogens is 258 g/mol. The standard InChI is InChI=1S/C14H11N3O3/c1-20-11-7-5-10(6-8-11)13-14(17(18)19)15-12-4-2-3-9-16(12)13/h2-9H,1H3. The lowest BCUT2D eigenvalue weighted by atomic mass is 10.1. The summed E-state index contributed by atoms with van der Waals surface area (Å²) < 4.78 is 6.80. The first-order valence-electron chi connectivity index (χ1n) is 5.96. The highest BCUT2D eigenvalue weighted by atomic mass is 16.6. The summed E-state index contributed by atoms with van der Waals surface area (Å²) in [7, 11) is 1.58. The Balaban J connectivity index is 2.27. The van der Waals surface area contributed by atoms with Crippen molar-refractivity contribution in [2.75, 3.05) is 7.11 Å². The van der Waals surface area contributed by atoms with E-state index >= 15 is 0 Å². The molecule has 2 heterocycles. The molecule has 0 radical (unpaired) electrons. The van der Waals surface area contributed by atoms with E-state index in [9.17, 15) is 10.1 Å². The summed E-state index contributed by atoms with van der Waals surface area (Å²) in [6.07, 6.45) is 1.76. The maximum Gasteiger partial charge on any atom is 0.390 e. The summed E-state index contributed by atoms with van der Waals surface area (Å²) in [5, 5.41) is 11.2. The van der Waals surface area contributed by atoms with Crippen LogP contribution in [0, 0.1) is 10.1 Å². The van der Waals surface area contributed by atoms with E-state index in [-0.39, 0.29) is 5.82 Å². The molecule has 6 nitrogen and oxygen atoms in total. The predicted octanol–water partition coefficient (Wildman–Crippen LogP) is 2.92. The van der Waals surface area contributed by atoms with Gasteiger partial charge in [0.15, 0.2) is 5.69 Å². The summed E-state index contributed by atoms with van der Waals surface area (Å²) in [5.74, 6) is 0.548. The van der Waals surface area contributed by atoms with Gasteiger partial charge in [-0.25, -0.2) is 0 Å². The van der Waals surface area contributed by atoms with E-state index in [2.05, 4.69) is 4.98 Å². The van der Waals surface area contributed by atoms with E-state index in [1.165, 1.54) is 0 Å². The minimum absolute atomic E-state index is 0.152. The van der Waals surface area contributed by atoms with Crippen molar-refractivity contribution in [2.45, 2.75) is 0 Å². The zero-order valence-electron chi connectivity index (χ0n) is 10.7. The van der Waals surface area contributed by atoms with Gasteiger partial charge in [0, 0.05) is 17.8 Å². The topological polar surface area (TPSA) is 69.7 Å². The van der Waals surface area contributed by atoms with Crippen molar-refractivity contribution in [3.8, 4) is 17.0 Å². The lowest BCUT2D eigenvalue weighted by Gasteiger charge is -2.03. The Morgan fingerprint density at radius 2 is 1.95 bits per heavy atom. The predicted molar refractivity (Wildman–Crippen MR) is 73.8 cm³/mol. The fraction of sp³-hybridized carbons (Fsp3) is 0.0714. The highest BCUT2D eigenvalue weighted by Gasteiger charge is 2.24. The maximum absolute atomic E-state index is 11.2. The van der Waals surface area contributed by atoms with Gasteiger partial charge in [-0.2, -0.15) is 0 Å². The van der Waals surface area contributed by atoms with E-state index in [4.69, 9.17) is 4.74 Å². The Morgan fingerprint density at radius 1 is 1.20 bits per heavy atom. The van der Waals surface area contributed by atoms with Crippen LogP contribution in [-0.2, 0) is 0 Å². The zero-order valence-corrected chi connectivity index (χ0v) is 10.7. The molecule has 0 fully saturated rings. The molecule has 3 aromatic rings. The van der Waals surface area contributed by atoms with Crippen LogP contribution in [0.15, 0.2) is 48.7 Å². The Kier molecular flexibility index (Phi) is 2.83. The highest BCUT2D eigenvalue weighted by molar-refractivity contribution is 5.73. The highest BCUT2D eigenvalue weighted by Crippen LogP contribution is 2.31. The molecule has 3 rings (SSSR count). The third kappa shape index (κ3) is 1.87. The van der Waals surface area contributed by atoms with E-state index in [1.807, 2.05) is 6.07 Å². The second-order valence-corrected chi connectivity index (χ2v) is 4.20. The molecule has 0 bridgehead atoms. The zero-order chi connectivity index (χ0) is 14.1. The fourth-order valence-corrected chi connectivity index (χ4v) is 2.13. The van der Waals surface area contributed by atoms with Gasteiger partial charge in [-0.15, -0.1) is 0 Å². The largest absolute Gasteiger partial charge is 0.497 e. The molecule has 100 valence electrons. The first kappa shape index (κ1) is 12.2. The van der Waals surface area contributed by atoms with E-state index in [0.29, 0.717) is 17.1 Å². The number of methoxy groups -OCH3 is 1. The Labute approximate surface area is 114 Å². The van der Waals surface area contributed by atoms with Crippen molar-refractivity contribution in [3.05, 3.63) is 58.8 Å². The van der Waals surface area contributed by atoms with Gasteiger partial charge < -0.3 is 14.9 Å². The number of aromatic nitrogens is 2. The van der Waals surface area contributed by atoms with E-state index in [0.717, 1.165) is 5.56 Å². The second kappa shape index (κ2) is 4.65. The summed E-state index contributed by atoms with van der Waals surface area (Å²) >= 11 is 0. The Bertz CT molecular complexity index is 778. The van der Waals surface area contributed by atoms with Crippen molar-refractivity contribution in [3.63, 3.8) is 0 Å². The quantitative estimate of drug-likeness (QED) is 0.541. The number of imidazole rings is 1. The maximum atomic E-state index is 11.2. The Morgan fingerprint density at radius 3 is 2.60 bits per heavy atom. The normalized spacial score (nSPS) is 10.7. The van der Waals surface area contributed by atoms with E-state index < -0.39 is 4.92 Å². The van der Waals surface area contributed by atoms with Crippen molar-refractivity contribution >= 4 is 11.5 Å². The molecule has 0 atom stereocenters. The van der Waals surface area contributed by atoms with Crippen LogP contribution < -0.4 is 4.74 Å². The smallest absolute Gasteiger partial charge is 0.390 e. The second-order valence-electron chi connectivity index (χ2n) is 4.20. The first-order chi connectivity index (χ1) is 9.70. The molecular formula is C14H11N3O3. The van der Waals surface area contributed by atoms with Crippen LogP contribution in [0.25, 0.3) is 16.9 Å². The van der Waals surface area contributed by atoms with Crippen molar-refractivity contribution in [1.29, 1.82) is 0 Å². The summed E-state index contributed by atoms with van der Waals surface area (Å²) in [4.78, 5) is 14.8. The number of hydrogen-bond acceptors (Lipinski definition) is 4. The van der Waals surface area contributed by atoms with Crippen molar-refractivity contribution in [2.24, 2.45) is 0 Å². The number of nitrogens with zero attached hydrogens (tertiary/aromatic N) is 3. The number of fused-ring (bicyclic) bond motifs is 1. The molecule has 2 aromatic heterocycles. The summed E-state index contributed by atoms with van der Waals surface area (Å²) in [5.41, 5.74) is 1.73. The molecule has 20 heavy (non-hydrogen) atoms. The first-order valence-corrected chi connectivity index (χ1v) is 5.96. The molecule has 0 aliphatic carbocycles. The van der Waals surface area contributed by atoms with Gasteiger partial charge in [-0.1, -0.05) is 6.07 Å². The average Bonchev–Trinajstić information content (AvgIpc) is 2.87. The number of hydrogen-bond donors (Lipinski definition) is 0. The van der Waals surface area contributed by atoms with Crippen LogP contribution in [0.3, 0.4) is 0 Å². The SMILES string of the molecule is COc1ccc(-c2c([N+](=O)[O-])nc3ccccn23)cc1. The van der Waals surface area contributed by atoms with Crippen LogP contribution in [0.4, 0.5) is 5.82 Å². The minimum Gasteiger partial charge on any atom is -0.497 e. The Hall–Kier alpha value is -2.89. The van der Waals surface area contributed by atoms with Gasteiger partial charge in [-0.05, 0) is 40.2 Å². The number of nitro groups is 1. The molecule has 1 aromatic carbocycles. The third-order valence-electron chi connectivity index (χ3n) is 3.05. The molecule has 0 spiro atoms. The molecule has 0 saturated heterocycles.